The predicted molar refractivity (Wildman–Crippen MR) is 121 cm³/mol. The molecule has 0 aliphatic carbocycles. The van der Waals surface area contributed by atoms with Gasteiger partial charge in [-0.1, -0.05) is 104 Å². The molecule has 29 heavy (non-hydrogen) atoms. The first-order chi connectivity index (χ1) is 14.1. The number of hydrogen-bond acceptors (Lipinski definition) is 3. The zero-order valence-corrected chi connectivity index (χ0v) is 19.4. The highest BCUT2D eigenvalue weighted by molar-refractivity contribution is 5.69. The van der Waals surface area contributed by atoms with Gasteiger partial charge in [0.25, 0.3) is 0 Å². The number of aliphatic carboxylic acids is 1. The third-order valence-corrected chi connectivity index (χ3v) is 5.65. The van der Waals surface area contributed by atoms with Crippen molar-refractivity contribution in [2.45, 2.75) is 148 Å². The van der Waals surface area contributed by atoms with Crippen LogP contribution in [0.4, 0.5) is 0 Å². The lowest BCUT2D eigenvalue weighted by Gasteiger charge is -2.15. The fourth-order valence-electron chi connectivity index (χ4n) is 3.71. The molecular weight excluding hydrogens is 364 g/mol. The van der Waals surface area contributed by atoms with Crippen molar-refractivity contribution >= 4 is 11.9 Å². The molecule has 0 bridgehead atoms. The Labute approximate surface area is 180 Å². The smallest absolute Gasteiger partial charge is 0.306 e. The van der Waals surface area contributed by atoms with Crippen molar-refractivity contribution in [2.24, 2.45) is 0 Å². The van der Waals surface area contributed by atoms with Crippen molar-refractivity contribution in [3.63, 3.8) is 0 Å². The summed E-state index contributed by atoms with van der Waals surface area (Å²) in [5, 5.41) is 8.68. The molecule has 0 aliphatic heterocycles. The molecule has 0 amide bonds. The quantitative estimate of drug-likeness (QED) is 0.145. The third-order valence-electron chi connectivity index (χ3n) is 5.65. The van der Waals surface area contributed by atoms with Gasteiger partial charge in [-0.15, -0.1) is 0 Å². The van der Waals surface area contributed by atoms with Crippen LogP contribution in [-0.4, -0.2) is 23.1 Å². The molecule has 0 spiro atoms. The Hall–Kier alpha value is -1.06. The summed E-state index contributed by atoms with van der Waals surface area (Å²) in [6.45, 7) is 4.25. The van der Waals surface area contributed by atoms with E-state index in [4.69, 9.17) is 9.84 Å². The van der Waals surface area contributed by atoms with Crippen LogP contribution in [0.2, 0.25) is 0 Å². The maximum absolute atomic E-state index is 11.9. The van der Waals surface area contributed by atoms with E-state index < -0.39 is 5.97 Å². The maximum Gasteiger partial charge on any atom is 0.306 e. The lowest BCUT2D eigenvalue weighted by atomic mass is 10.0. The van der Waals surface area contributed by atoms with Gasteiger partial charge in [0.05, 0.1) is 0 Å². The first-order valence-corrected chi connectivity index (χ1v) is 12.5. The number of carboxylic acids is 1. The standard InChI is InChI=1S/C25H48O4/c1-3-5-6-7-8-9-10-11-12-13-14-15-16-17-18-22-25(28)29-23(4-2)20-19-21-24(26)27/h23H,3-22H2,1-2H3,(H,26,27). The molecule has 0 aliphatic rings. The topological polar surface area (TPSA) is 63.6 Å². The van der Waals surface area contributed by atoms with Gasteiger partial charge in [0.1, 0.15) is 6.10 Å². The number of rotatable bonds is 22. The van der Waals surface area contributed by atoms with E-state index in [0.29, 0.717) is 19.3 Å². The summed E-state index contributed by atoms with van der Waals surface area (Å²) in [5.41, 5.74) is 0. The molecule has 0 aromatic heterocycles. The van der Waals surface area contributed by atoms with E-state index in [-0.39, 0.29) is 18.5 Å². The number of hydrogen-bond donors (Lipinski definition) is 1. The molecule has 0 fully saturated rings. The highest BCUT2D eigenvalue weighted by Crippen LogP contribution is 2.15. The van der Waals surface area contributed by atoms with Crippen molar-refractivity contribution in [1.82, 2.24) is 0 Å². The Bertz CT molecular complexity index is 381. The van der Waals surface area contributed by atoms with Crippen LogP contribution in [0.1, 0.15) is 142 Å². The Balaban J connectivity index is 3.36. The van der Waals surface area contributed by atoms with E-state index in [9.17, 15) is 9.59 Å². The van der Waals surface area contributed by atoms with Gasteiger partial charge in [-0.2, -0.15) is 0 Å². The number of esters is 1. The first kappa shape index (κ1) is 27.9. The molecular formula is C25H48O4. The van der Waals surface area contributed by atoms with Crippen LogP contribution in [0.3, 0.4) is 0 Å². The van der Waals surface area contributed by atoms with Crippen LogP contribution in [0.25, 0.3) is 0 Å². The molecule has 1 unspecified atom stereocenters. The molecule has 0 rings (SSSR count). The fraction of sp³-hybridized carbons (Fsp3) is 0.920. The normalized spacial score (nSPS) is 12.1. The van der Waals surface area contributed by atoms with E-state index in [1.807, 2.05) is 6.92 Å². The molecule has 4 nitrogen and oxygen atoms in total. The molecule has 0 heterocycles. The van der Waals surface area contributed by atoms with Gasteiger partial charge in [0.15, 0.2) is 0 Å². The maximum atomic E-state index is 11.9. The predicted octanol–water partition coefficient (Wildman–Crippen LogP) is 7.82. The number of ether oxygens (including phenoxy) is 1. The SMILES string of the molecule is CCCCCCCCCCCCCCCCCC(=O)OC(CC)CCCC(=O)O. The van der Waals surface area contributed by atoms with E-state index in [2.05, 4.69) is 6.92 Å². The van der Waals surface area contributed by atoms with E-state index in [1.54, 1.807) is 0 Å². The third kappa shape index (κ3) is 21.5. The molecule has 0 aromatic carbocycles. The van der Waals surface area contributed by atoms with Crippen molar-refractivity contribution < 1.29 is 19.4 Å². The minimum atomic E-state index is -0.788. The van der Waals surface area contributed by atoms with Gasteiger partial charge in [-0.05, 0) is 25.7 Å². The zero-order chi connectivity index (χ0) is 21.6. The van der Waals surface area contributed by atoms with Crippen LogP contribution < -0.4 is 0 Å². The lowest BCUT2D eigenvalue weighted by molar-refractivity contribution is -0.149. The summed E-state index contributed by atoms with van der Waals surface area (Å²) in [6.07, 6.45) is 22.2. The molecule has 0 radical (unpaired) electrons. The van der Waals surface area contributed by atoms with Crippen LogP contribution in [0.5, 0.6) is 0 Å². The largest absolute Gasteiger partial charge is 0.481 e. The number of carbonyl (C=O) groups excluding carboxylic acids is 1. The van der Waals surface area contributed by atoms with E-state index >= 15 is 0 Å². The molecule has 0 saturated heterocycles. The highest BCUT2D eigenvalue weighted by atomic mass is 16.5. The lowest BCUT2D eigenvalue weighted by Crippen LogP contribution is -2.17. The van der Waals surface area contributed by atoms with Crippen LogP contribution in [0, 0.1) is 0 Å². The number of unbranched alkanes of at least 4 members (excludes halogenated alkanes) is 14. The van der Waals surface area contributed by atoms with Gasteiger partial charge in [0.2, 0.25) is 0 Å². The van der Waals surface area contributed by atoms with Gasteiger partial charge in [0, 0.05) is 12.8 Å². The Kier molecular flexibility index (Phi) is 20.9. The van der Waals surface area contributed by atoms with E-state index in [0.717, 1.165) is 19.3 Å². The summed E-state index contributed by atoms with van der Waals surface area (Å²) < 4.78 is 5.47. The van der Waals surface area contributed by atoms with Gasteiger partial charge in [-0.3, -0.25) is 9.59 Å². The zero-order valence-electron chi connectivity index (χ0n) is 19.4. The minimum Gasteiger partial charge on any atom is -0.481 e. The summed E-state index contributed by atoms with van der Waals surface area (Å²) >= 11 is 0. The van der Waals surface area contributed by atoms with Gasteiger partial charge < -0.3 is 9.84 Å². The number of carbonyl (C=O) groups is 2. The summed E-state index contributed by atoms with van der Waals surface area (Å²) in [4.78, 5) is 22.5. The molecule has 172 valence electrons. The summed E-state index contributed by atoms with van der Waals surface area (Å²) in [5.74, 6) is -0.911. The highest BCUT2D eigenvalue weighted by Gasteiger charge is 2.12. The van der Waals surface area contributed by atoms with Crippen molar-refractivity contribution in [2.75, 3.05) is 0 Å². The minimum absolute atomic E-state index is 0.123. The van der Waals surface area contributed by atoms with E-state index in [1.165, 1.54) is 83.5 Å². The molecule has 1 atom stereocenters. The van der Waals surface area contributed by atoms with Crippen LogP contribution in [0.15, 0.2) is 0 Å². The average Bonchev–Trinajstić information content (AvgIpc) is 2.69. The Morgan fingerprint density at radius 1 is 0.655 bits per heavy atom. The number of carboxylic acid groups (broad SMARTS) is 1. The van der Waals surface area contributed by atoms with Crippen LogP contribution in [-0.2, 0) is 14.3 Å². The summed E-state index contributed by atoms with van der Waals surface area (Å²) in [7, 11) is 0. The van der Waals surface area contributed by atoms with Gasteiger partial charge >= 0.3 is 11.9 Å². The summed E-state index contributed by atoms with van der Waals surface area (Å²) in [6, 6.07) is 0. The van der Waals surface area contributed by atoms with Crippen molar-refractivity contribution in [3.8, 4) is 0 Å². The van der Waals surface area contributed by atoms with Gasteiger partial charge in [-0.25, -0.2) is 0 Å². The second-order valence-corrected chi connectivity index (χ2v) is 8.51. The fourth-order valence-corrected chi connectivity index (χ4v) is 3.71. The monoisotopic (exact) mass is 412 g/mol. The van der Waals surface area contributed by atoms with Crippen LogP contribution >= 0.6 is 0 Å². The Morgan fingerprint density at radius 3 is 1.52 bits per heavy atom. The second kappa shape index (κ2) is 21.6. The van der Waals surface area contributed by atoms with Crippen molar-refractivity contribution in [1.29, 1.82) is 0 Å². The average molecular weight is 413 g/mol. The van der Waals surface area contributed by atoms with Crippen molar-refractivity contribution in [3.05, 3.63) is 0 Å². The Morgan fingerprint density at radius 2 is 1.10 bits per heavy atom. The second-order valence-electron chi connectivity index (χ2n) is 8.51. The molecule has 1 N–H and O–H groups in total. The molecule has 0 saturated carbocycles. The first-order valence-electron chi connectivity index (χ1n) is 12.5. The molecule has 4 heteroatoms. The molecule has 0 aromatic rings.